The second-order valence-corrected chi connectivity index (χ2v) is 9.01. The van der Waals surface area contributed by atoms with Crippen LogP contribution in [0.5, 0.6) is 0 Å². The molecule has 0 bridgehead atoms. The van der Waals surface area contributed by atoms with E-state index in [2.05, 4.69) is 21.3 Å². The van der Waals surface area contributed by atoms with Gasteiger partial charge in [0.15, 0.2) is 0 Å². The molecule has 3 aliphatic rings. The van der Waals surface area contributed by atoms with Crippen LogP contribution in [0.1, 0.15) is 70.6 Å². The van der Waals surface area contributed by atoms with Gasteiger partial charge in [-0.15, -0.1) is 6.58 Å². The summed E-state index contributed by atoms with van der Waals surface area (Å²) in [5, 5.41) is 0. The third kappa shape index (κ3) is 6.60. The third-order valence-electron chi connectivity index (χ3n) is 6.92. The smallest absolute Gasteiger partial charge is 0.222 e. The van der Waals surface area contributed by atoms with Gasteiger partial charge in [-0.05, 0) is 70.5 Å². The van der Waals surface area contributed by atoms with E-state index in [4.69, 9.17) is 0 Å². The summed E-state index contributed by atoms with van der Waals surface area (Å²) in [6, 6.07) is 0.825. The van der Waals surface area contributed by atoms with Gasteiger partial charge in [-0.1, -0.05) is 25.3 Å². The Labute approximate surface area is 167 Å². The molecule has 1 amide bonds. The molecule has 0 aromatic rings. The minimum atomic E-state index is 0.338. The fourth-order valence-corrected chi connectivity index (χ4v) is 5.31. The molecule has 0 radical (unpaired) electrons. The molecule has 2 saturated heterocycles. The molecule has 1 saturated carbocycles. The monoisotopic (exact) mass is 375 g/mol. The average Bonchev–Trinajstić information content (AvgIpc) is 3.25. The van der Waals surface area contributed by atoms with Gasteiger partial charge in [-0.25, -0.2) is 0 Å². The maximum atomic E-state index is 12.8. The number of allylic oxidation sites excluding steroid dienone is 1. The Morgan fingerprint density at radius 1 is 1.00 bits per heavy atom. The summed E-state index contributed by atoms with van der Waals surface area (Å²) in [5.41, 5.74) is 0. The van der Waals surface area contributed by atoms with Crippen LogP contribution in [0, 0.1) is 5.92 Å². The van der Waals surface area contributed by atoms with E-state index in [1.165, 1.54) is 84.0 Å². The Balaban J connectivity index is 1.52. The summed E-state index contributed by atoms with van der Waals surface area (Å²) >= 11 is 0. The van der Waals surface area contributed by atoms with E-state index in [1.807, 2.05) is 6.08 Å². The molecule has 3 fully saturated rings. The van der Waals surface area contributed by atoms with Gasteiger partial charge in [0.25, 0.3) is 0 Å². The minimum absolute atomic E-state index is 0.338. The molecule has 4 nitrogen and oxygen atoms in total. The highest BCUT2D eigenvalue weighted by molar-refractivity contribution is 5.76. The predicted octanol–water partition coefficient (Wildman–Crippen LogP) is 3.92. The number of amides is 1. The largest absolute Gasteiger partial charge is 0.341 e. The number of carbonyl (C=O) groups is 1. The lowest BCUT2D eigenvalue weighted by molar-refractivity contribution is -0.132. The number of rotatable bonds is 9. The molecule has 0 N–H and O–H groups in total. The molecule has 154 valence electrons. The van der Waals surface area contributed by atoms with E-state index in [0.29, 0.717) is 18.2 Å². The highest BCUT2D eigenvalue weighted by atomic mass is 16.2. The second-order valence-electron chi connectivity index (χ2n) is 9.01. The topological polar surface area (TPSA) is 26.8 Å². The first-order chi connectivity index (χ1) is 13.3. The van der Waals surface area contributed by atoms with Crippen LogP contribution < -0.4 is 0 Å². The molecular formula is C23H41N3O. The number of piperidine rings is 2. The Kier molecular flexibility index (Phi) is 8.66. The van der Waals surface area contributed by atoms with Crippen LogP contribution in [0.3, 0.4) is 0 Å². The van der Waals surface area contributed by atoms with Crippen LogP contribution in [0.4, 0.5) is 0 Å². The zero-order chi connectivity index (χ0) is 18.9. The molecule has 3 rings (SSSR count). The Bertz CT molecular complexity index is 455. The number of nitrogens with zero attached hydrogens (tertiary/aromatic N) is 3. The zero-order valence-electron chi connectivity index (χ0n) is 17.4. The first-order valence-electron chi connectivity index (χ1n) is 11.6. The van der Waals surface area contributed by atoms with Crippen molar-refractivity contribution in [2.45, 2.75) is 76.7 Å². The van der Waals surface area contributed by atoms with E-state index in [0.717, 1.165) is 32.1 Å². The van der Waals surface area contributed by atoms with Crippen molar-refractivity contribution in [1.29, 1.82) is 0 Å². The summed E-state index contributed by atoms with van der Waals surface area (Å²) in [6.07, 6.45) is 15.5. The van der Waals surface area contributed by atoms with Crippen molar-refractivity contribution in [2.75, 3.05) is 45.8 Å². The molecule has 4 heteroatoms. The average molecular weight is 376 g/mol. The van der Waals surface area contributed by atoms with Crippen LogP contribution in [0.2, 0.25) is 0 Å². The van der Waals surface area contributed by atoms with Gasteiger partial charge in [0.05, 0.1) is 0 Å². The van der Waals surface area contributed by atoms with Crippen molar-refractivity contribution >= 4 is 5.91 Å². The SMILES string of the molecule is C=CCCC(=O)N(CCN1CCCCC1)CC1CCCN(C2CCCC2)C1. The molecule has 1 unspecified atom stereocenters. The lowest BCUT2D eigenvalue weighted by Gasteiger charge is -2.39. The van der Waals surface area contributed by atoms with Crippen LogP contribution in [-0.4, -0.2) is 72.5 Å². The zero-order valence-corrected chi connectivity index (χ0v) is 17.4. The van der Waals surface area contributed by atoms with Crippen molar-refractivity contribution in [3.8, 4) is 0 Å². The number of hydrogen-bond acceptors (Lipinski definition) is 3. The van der Waals surface area contributed by atoms with E-state index in [1.54, 1.807) is 0 Å². The van der Waals surface area contributed by atoms with Gasteiger partial charge in [-0.3, -0.25) is 4.79 Å². The normalized spacial score (nSPS) is 25.6. The standard InChI is InChI=1S/C23H41N3O/c1-2-3-13-23(27)26(18-17-24-14-7-4-8-15-24)20-21-10-9-16-25(19-21)22-11-5-6-12-22/h2,21-22H,1,3-20H2. The van der Waals surface area contributed by atoms with Gasteiger partial charge >= 0.3 is 0 Å². The van der Waals surface area contributed by atoms with Crippen molar-refractivity contribution < 1.29 is 4.79 Å². The number of carbonyl (C=O) groups excluding carboxylic acids is 1. The molecule has 2 aliphatic heterocycles. The maximum Gasteiger partial charge on any atom is 0.222 e. The van der Waals surface area contributed by atoms with Gasteiger partial charge in [0.1, 0.15) is 0 Å². The Morgan fingerprint density at radius 2 is 1.78 bits per heavy atom. The van der Waals surface area contributed by atoms with Crippen molar-refractivity contribution in [3.63, 3.8) is 0 Å². The number of likely N-dealkylation sites (tertiary alicyclic amines) is 2. The summed E-state index contributed by atoms with van der Waals surface area (Å²) in [7, 11) is 0. The first kappa shape index (κ1) is 20.9. The fraction of sp³-hybridized carbons (Fsp3) is 0.870. The van der Waals surface area contributed by atoms with Crippen LogP contribution in [-0.2, 0) is 4.79 Å². The molecule has 1 atom stereocenters. The lowest BCUT2D eigenvalue weighted by atomic mass is 9.95. The number of hydrogen-bond donors (Lipinski definition) is 0. The quantitative estimate of drug-likeness (QED) is 0.572. The minimum Gasteiger partial charge on any atom is -0.341 e. The van der Waals surface area contributed by atoms with Gasteiger partial charge in [0, 0.05) is 38.6 Å². The molecule has 27 heavy (non-hydrogen) atoms. The predicted molar refractivity (Wildman–Crippen MR) is 113 cm³/mol. The summed E-state index contributed by atoms with van der Waals surface area (Å²) in [4.78, 5) is 20.3. The molecular weight excluding hydrogens is 334 g/mol. The van der Waals surface area contributed by atoms with Gasteiger partial charge in [0.2, 0.25) is 5.91 Å². The summed E-state index contributed by atoms with van der Waals surface area (Å²) in [5.74, 6) is 0.998. The molecule has 0 spiro atoms. The van der Waals surface area contributed by atoms with E-state index < -0.39 is 0 Å². The maximum absolute atomic E-state index is 12.8. The highest BCUT2D eigenvalue weighted by Crippen LogP contribution is 2.28. The Morgan fingerprint density at radius 3 is 2.52 bits per heavy atom. The molecule has 0 aromatic carbocycles. The van der Waals surface area contributed by atoms with Crippen LogP contribution in [0.25, 0.3) is 0 Å². The van der Waals surface area contributed by atoms with Crippen molar-refractivity contribution in [2.24, 2.45) is 5.92 Å². The second kappa shape index (κ2) is 11.2. The highest BCUT2D eigenvalue weighted by Gasteiger charge is 2.29. The molecule has 1 aliphatic carbocycles. The van der Waals surface area contributed by atoms with E-state index in [9.17, 15) is 4.79 Å². The Hall–Kier alpha value is -0.870. The summed E-state index contributed by atoms with van der Waals surface area (Å²) < 4.78 is 0. The lowest BCUT2D eigenvalue weighted by Crippen LogP contribution is -2.47. The fourth-order valence-electron chi connectivity index (χ4n) is 5.31. The van der Waals surface area contributed by atoms with Crippen LogP contribution in [0.15, 0.2) is 12.7 Å². The van der Waals surface area contributed by atoms with E-state index >= 15 is 0 Å². The van der Waals surface area contributed by atoms with Crippen molar-refractivity contribution in [3.05, 3.63) is 12.7 Å². The first-order valence-corrected chi connectivity index (χ1v) is 11.6. The third-order valence-corrected chi connectivity index (χ3v) is 6.92. The molecule has 0 aromatic heterocycles. The van der Waals surface area contributed by atoms with E-state index in [-0.39, 0.29) is 0 Å². The summed E-state index contributed by atoms with van der Waals surface area (Å²) in [6.45, 7) is 11.6. The van der Waals surface area contributed by atoms with Gasteiger partial charge in [-0.2, -0.15) is 0 Å². The van der Waals surface area contributed by atoms with Gasteiger partial charge < -0.3 is 14.7 Å². The van der Waals surface area contributed by atoms with Crippen LogP contribution >= 0.6 is 0 Å². The molecule has 2 heterocycles. The van der Waals surface area contributed by atoms with Crippen molar-refractivity contribution in [1.82, 2.24) is 14.7 Å².